The van der Waals surface area contributed by atoms with Crippen LogP contribution in [0.5, 0.6) is 0 Å². The molecule has 0 radical (unpaired) electrons. The molecule has 5 heteroatoms. The van der Waals surface area contributed by atoms with Gasteiger partial charge < -0.3 is 15.5 Å². The number of nitrogens with zero attached hydrogens (tertiary/aromatic N) is 1. The van der Waals surface area contributed by atoms with Crippen molar-refractivity contribution in [3.05, 3.63) is 89.1 Å². The second kappa shape index (κ2) is 8.93. The lowest BCUT2D eigenvalue weighted by Crippen LogP contribution is -2.48. The third-order valence-electron chi connectivity index (χ3n) is 5.32. The Balaban J connectivity index is 1.70. The third kappa shape index (κ3) is 4.42. The standard InChI is InChI=1S/C25H25N3O2/c1-18-9-11-20(12-10-18)24(29)27-23(25(30)28-15-13-26-14-16-28)17-21-7-4-6-19-5-2-3-8-22(19)21/h2-12,17,26H,13-16H2,1H3,(H,27,29)/b23-17+. The number of carbonyl (C=O) groups is 2. The van der Waals surface area contributed by atoms with Gasteiger partial charge in [-0.15, -0.1) is 0 Å². The zero-order valence-corrected chi connectivity index (χ0v) is 17.0. The van der Waals surface area contributed by atoms with Gasteiger partial charge in [0.2, 0.25) is 0 Å². The van der Waals surface area contributed by atoms with Crippen molar-refractivity contribution in [2.75, 3.05) is 26.2 Å². The number of piperazine rings is 1. The summed E-state index contributed by atoms with van der Waals surface area (Å²) in [6.45, 7) is 4.71. The van der Waals surface area contributed by atoms with Crippen LogP contribution in [0.15, 0.2) is 72.4 Å². The Morgan fingerprint density at radius 3 is 2.40 bits per heavy atom. The first-order chi connectivity index (χ1) is 14.6. The highest BCUT2D eigenvalue weighted by Crippen LogP contribution is 2.21. The third-order valence-corrected chi connectivity index (χ3v) is 5.32. The molecule has 4 rings (SSSR count). The molecule has 1 saturated heterocycles. The molecule has 1 heterocycles. The van der Waals surface area contributed by atoms with Gasteiger partial charge in [0.05, 0.1) is 0 Å². The van der Waals surface area contributed by atoms with E-state index in [1.165, 1.54) is 0 Å². The molecule has 152 valence electrons. The van der Waals surface area contributed by atoms with Crippen LogP contribution in [0.3, 0.4) is 0 Å². The fraction of sp³-hybridized carbons (Fsp3) is 0.200. The normalized spacial score (nSPS) is 14.6. The maximum absolute atomic E-state index is 13.3. The van der Waals surface area contributed by atoms with Crippen LogP contribution in [0.4, 0.5) is 0 Å². The van der Waals surface area contributed by atoms with Gasteiger partial charge in [-0.2, -0.15) is 0 Å². The van der Waals surface area contributed by atoms with E-state index in [1.54, 1.807) is 23.1 Å². The van der Waals surface area contributed by atoms with Gasteiger partial charge >= 0.3 is 0 Å². The number of hydrogen-bond acceptors (Lipinski definition) is 3. The van der Waals surface area contributed by atoms with Crippen molar-refractivity contribution in [3.8, 4) is 0 Å². The molecule has 3 aromatic rings. The van der Waals surface area contributed by atoms with Gasteiger partial charge in [-0.05, 0) is 41.5 Å². The number of carbonyl (C=O) groups excluding carboxylic acids is 2. The first-order valence-electron chi connectivity index (χ1n) is 10.2. The average Bonchev–Trinajstić information content (AvgIpc) is 2.79. The summed E-state index contributed by atoms with van der Waals surface area (Å²) in [5, 5.41) is 8.25. The van der Waals surface area contributed by atoms with E-state index in [1.807, 2.05) is 61.5 Å². The quantitative estimate of drug-likeness (QED) is 0.662. The predicted molar refractivity (Wildman–Crippen MR) is 120 cm³/mol. The van der Waals surface area contributed by atoms with Crippen molar-refractivity contribution in [1.82, 2.24) is 15.5 Å². The van der Waals surface area contributed by atoms with Crippen molar-refractivity contribution in [3.63, 3.8) is 0 Å². The zero-order valence-electron chi connectivity index (χ0n) is 17.0. The van der Waals surface area contributed by atoms with E-state index in [0.29, 0.717) is 24.4 Å². The Labute approximate surface area is 176 Å². The number of fused-ring (bicyclic) bond motifs is 1. The zero-order chi connectivity index (χ0) is 20.9. The highest BCUT2D eigenvalue weighted by atomic mass is 16.2. The summed E-state index contributed by atoms with van der Waals surface area (Å²) in [5.74, 6) is -0.449. The molecule has 0 saturated carbocycles. The lowest BCUT2D eigenvalue weighted by Gasteiger charge is -2.28. The molecule has 0 atom stereocenters. The van der Waals surface area contributed by atoms with Gasteiger partial charge in [-0.3, -0.25) is 9.59 Å². The number of nitrogens with one attached hydrogen (secondary N) is 2. The van der Waals surface area contributed by atoms with E-state index in [9.17, 15) is 9.59 Å². The maximum atomic E-state index is 13.3. The molecule has 0 aliphatic carbocycles. The van der Waals surface area contributed by atoms with Crippen LogP contribution in [-0.2, 0) is 4.79 Å². The van der Waals surface area contributed by atoms with Crippen LogP contribution in [-0.4, -0.2) is 42.9 Å². The molecule has 1 fully saturated rings. The van der Waals surface area contributed by atoms with Gasteiger partial charge in [-0.1, -0.05) is 60.2 Å². The number of hydrogen-bond donors (Lipinski definition) is 2. The van der Waals surface area contributed by atoms with Crippen LogP contribution in [0, 0.1) is 6.92 Å². The Hall–Kier alpha value is -3.44. The molecular formula is C25H25N3O2. The molecule has 2 N–H and O–H groups in total. The minimum Gasteiger partial charge on any atom is -0.335 e. The molecule has 1 aliphatic rings. The Bertz CT molecular complexity index is 1090. The van der Waals surface area contributed by atoms with E-state index in [-0.39, 0.29) is 11.8 Å². The first-order valence-corrected chi connectivity index (χ1v) is 10.2. The molecule has 0 bridgehead atoms. The van der Waals surface area contributed by atoms with Crippen molar-refractivity contribution >= 4 is 28.7 Å². The van der Waals surface area contributed by atoms with Crippen LogP contribution < -0.4 is 10.6 Å². The van der Waals surface area contributed by atoms with E-state index < -0.39 is 0 Å². The summed E-state index contributed by atoms with van der Waals surface area (Å²) in [5.41, 5.74) is 2.79. The molecule has 2 amide bonds. The van der Waals surface area contributed by atoms with E-state index in [0.717, 1.165) is 35.0 Å². The maximum Gasteiger partial charge on any atom is 0.270 e. The van der Waals surface area contributed by atoms with Crippen molar-refractivity contribution in [2.24, 2.45) is 0 Å². The Morgan fingerprint density at radius 2 is 1.63 bits per heavy atom. The second-order valence-corrected chi connectivity index (χ2v) is 7.49. The van der Waals surface area contributed by atoms with Gasteiger partial charge in [0, 0.05) is 31.7 Å². The first kappa shape index (κ1) is 19.9. The van der Waals surface area contributed by atoms with Gasteiger partial charge in [-0.25, -0.2) is 0 Å². The summed E-state index contributed by atoms with van der Waals surface area (Å²) in [6.07, 6.45) is 1.79. The lowest BCUT2D eigenvalue weighted by molar-refractivity contribution is -0.127. The van der Waals surface area contributed by atoms with Gasteiger partial charge in [0.15, 0.2) is 0 Å². The summed E-state index contributed by atoms with van der Waals surface area (Å²) in [6, 6.07) is 21.3. The summed E-state index contributed by atoms with van der Waals surface area (Å²) in [4.78, 5) is 27.9. The molecule has 0 unspecified atom stereocenters. The molecule has 3 aromatic carbocycles. The Morgan fingerprint density at radius 1 is 0.933 bits per heavy atom. The van der Waals surface area contributed by atoms with Crippen molar-refractivity contribution < 1.29 is 9.59 Å². The van der Waals surface area contributed by atoms with Crippen LogP contribution in [0.2, 0.25) is 0 Å². The highest BCUT2D eigenvalue weighted by molar-refractivity contribution is 6.06. The average molecular weight is 399 g/mol. The molecule has 30 heavy (non-hydrogen) atoms. The monoisotopic (exact) mass is 399 g/mol. The number of benzene rings is 3. The minimum atomic E-state index is -0.287. The number of amides is 2. The smallest absolute Gasteiger partial charge is 0.270 e. The lowest BCUT2D eigenvalue weighted by atomic mass is 10.0. The predicted octanol–water partition coefficient (Wildman–Crippen LogP) is 3.35. The number of aryl methyl sites for hydroxylation is 1. The Kier molecular flexibility index (Phi) is 5.91. The fourth-order valence-corrected chi connectivity index (χ4v) is 3.62. The molecular weight excluding hydrogens is 374 g/mol. The van der Waals surface area contributed by atoms with Crippen molar-refractivity contribution in [2.45, 2.75) is 6.92 Å². The topological polar surface area (TPSA) is 61.4 Å². The minimum absolute atomic E-state index is 0.162. The van der Waals surface area contributed by atoms with Gasteiger partial charge in [0.25, 0.3) is 11.8 Å². The molecule has 1 aliphatic heterocycles. The summed E-state index contributed by atoms with van der Waals surface area (Å²) < 4.78 is 0. The van der Waals surface area contributed by atoms with Crippen LogP contribution in [0.25, 0.3) is 16.8 Å². The summed E-state index contributed by atoms with van der Waals surface area (Å²) >= 11 is 0. The highest BCUT2D eigenvalue weighted by Gasteiger charge is 2.22. The molecule has 0 spiro atoms. The number of rotatable bonds is 4. The van der Waals surface area contributed by atoms with E-state index in [2.05, 4.69) is 10.6 Å². The summed E-state index contributed by atoms with van der Waals surface area (Å²) in [7, 11) is 0. The largest absolute Gasteiger partial charge is 0.335 e. The molecule has 5 nitrogen and oxygen atoms in total. The SMILES string of the molecule is Cc1ccc(C(=O)N/C(=C/c2cccc3ccccc23)C(=O)N2CCNCC2)cc1. The second-order valence-electron chi connectivity index (χ2n) is 7.49. The molecule has 0 aromatic heterocycles. The van der Waals surface area contributed by atoms with Gasteiger partial charge in [0.1, 0.15) is 5.70 Å². The fourth-order valence-electron chi connectivity index (χ4n) is 3.62. The van der Waals surface area contributed by atoms with Crippen LogP contribution >= 0.6 is 0 Å². The van der Waals surface area contributed by atoms with Crippen molar-refractivity contribution in [1.29, 1.82) is 0 Å². The van der Waals surface area contributed by atoms with Crippen LogP contribution in [0.1, 0.15) is 21.5 Å². The van der Waals surface area contributed by atoms with E-state index >= 15 is 0 Å². The van der Waals surface area contributed by atoms with E-state index in [4.69, 9.17) is 0 Å².